The third-order valence-corrected chi connectivity index (χ3v) is 4.95. The summed E-state index contributed by atoms with van der Waals surface area (Å²) < 4.78 is 2.52. The molecule has 0 bridgehead atoms. The number of hydrogen-bond donors (Lipinski definition) is 2. The number of anilines is 1. The van der Waals surface area contributed by atoms with Crippen molar-refractivity contribution in [1.29, 1.82) is 0 Å². The highest BCUT2D eigenvalue weighted by molar-refractivity contribution is 7.71. The van der Waals surface area contributed by atoms with Crippen LogP contribution in [0.1, 0.15) is 24.5 Å². The fraction of sp³-hybridized carbons (Fsp3) is 0.467. The minimum absolute atomic E-state index is 0.0694. The van der Waals surface area contributed by atoms with Gasteiger partial charge in [-0.15, -0.1) is 0 Å². The molecule has 0 saturated carbocycles. The largest absolute Gasteiger partial charge is 0.358 e. The Morgan fingerprint density at radius 1 is 1.41 bits per heavy atom. The van der Waals surface area contributed by atoms with Crippen molar-refractivity contribution in [3.05, 3.63) is 43.1 Å². The van der Waals surface area contributed by atoms with Gasteiger partial charge in [-0.25, -0.2) is 0 Å². The maximum atomic E-state index is 12.2. The summed E-state index contributed by atoms with van der Waals surface area (Å²) in [5, 5.41) is 7.61. The molecule has 118 valence electrons. The number of hydrogen-bond acceptors (Lipinski definition) is 5. The molecule has 3 heterocycles. The van der Waals surface area contributed by atoms with Gasteiger partial charge in [-0.05, 0) is 54.0 Å². The predicted molar refractivity (Wildman–Crippen MR) is 93.1 cm³/mol. The molecule has 22 heavy (non-hydrogen) atoms. The van der Waals surface area contributed by atoms with Crippen LogP contribution in [0.25, 0.3) is 0 Å². The highest BCUT2D eigenvalue weighted by Crippen LogP contribution is 2.20. The number of aromatic amines is 1. The summed E-state index contributed by atoms with van der Waals surface area (Å²) in [7, 11) is 0. The van der Waals surface area contributed by atoms with E-state index in [-0.39, 0.29) is 5.56 Å². The van der Waals surface area contributed by atoms with Crippen molar-refractivity contribution in [1.82, 2.24) is 14.5 Å². The molecule has 0 aromatic carbocycles. The maximum Gasteiger partial charge on any atom is 0.258 e. The lowest BCUT2D eigenvalue weighted by Crippen LogP contribution is -2.39. The van der Waals surface area contributed by atoms with Gasteiger partial charge in [-0.3, -0.25) is 14.7 Å². The number of nitrogens with zero attached hydrogens (tertiary/aromatic N) is 2. The summed E-state index contributed by atoms with van der Waals surface area (Å²) in [4.78, 5) is 17.3. The van der Waals surface area contributed by atoms with Crippen molar-refractivity contribution in [3.8, 4) is 0 Å². The molecule has 0 radical (unpaired) electrons. The molecule has 2 N–H and O–H groups in total. The second kappa shape index (κ2) is 6.76. The van der Waals surface area contributed by atoms with Gasteiger partial charge < -0.3 is 9.88 Å². The first-order valence-corrected chi connectivity index (χ1v) is 8.87. The first kappa shape index (κ1) is 15.5. The summed E-state index contributed by atoms with van der Waals surface area (Å²) in [6, 6.07) is 2.13. The fourth-order valence-corrected chi connectivity index (χ4v) is 3.77. The fourth-order valence-electron chi connectivity index (χ4n) is 2.79. The first-order valence-electron chi connectivity index (χ1n) is 7.52. The van der Waals surface area contributed by atoms with E-state index in [9.17, 15) is 4.79 Å². The molecule has 5 nitrogen and oxygen atoms in total. The molecule has 0 fully saturated rings. The molecule has 2 aromatic rings. The third-order valence-electron chi connectivity index (χ3n) is 3.89. The lowest BCUT2D eigenvalue weighted by molar-refractivity contribution is 0.272. The molecule has 1 aliphatic rings. The zero-order valence-corrected chi connectivity index (χ0v) is 14.2. The molecule has 0 atom stereocenters. The van der Waals surface area contributed by atoms with Gasteiger partial charge in [0.05, 0.1) is 12.2 Å². The Hall–Kier alpha value is -1.44. The molecule has 7 heteroatoms. The van der Waals surface area contributed by atoms with Crippen LogP contribution in [0, 0.1) is 4.77 Å². The van der Waals surface area contributed by atoms with Crippen LogP contribution in [0.5, 0.6) is 0 Å². The minimum atomic E-state index is -0.0694. The van der Waals surface area contributed by atoms with Gasteiger partial charge in [0, 0.05) is 13.1 Å². The zero-order chi connectivity index (χ0) is 15.5. The summed E-state index contributed by atoms with van der Waals surface area (Å²) in [5.41, 5.74) is 2.02. The maximum absolute atomic E-state index is 12.2. The number of rotatable bonds is 5. The van der Waals surface area contributed by atoms with E-state index in [2.05, 4.69) is 39.0 Å². The van der Waals surface area contributed by atoms with Gasteiger partial charge in [-0.2, -0.15) is 11.3 Å². The van der Waals surface area contributed by atoms with Crippen molar-refractivity contribution < 1.29 is 0 Å². The van der Waals surface area contributed by atoms with Crippen molar-refractivity contribution in [2.24, 2.45) is 0 Å². The van der Waals surface area contributed by atoms with Crippen LogP contribution >= 0.6 is 23.6 Å². The molecular formula is C15H20N4OS2. The van der Waals surface area contributed by atoms with Crippen molar-refractivity contribution in [3.63, 3.8) is 0 Å². The molecule has 0 unspecified atom stereocenters. The molecule has 2 aromatic heterocycles. The van der Waals surface area contributed by atoms with Crippen LogP contribution in [-0.4, -0.2) is 27.7 Å². The Kier molecular flexibility index (Phi) is 4.75. The molecule has 0 amide bonds. The van der Waals surface area contributed by atoms with Crippen LogP contribution < -0.4 is 10.9 Å². The van der Waals surface area contributed by atoms with E-state index in [1.54, 1.807) is 11.3 Å². The van der Waals surface area contributed by atoms with Crippen molar-refractivity contribution in [2.75, 3.05) is 18.5 Å². The zero-order valence-electron chi connectivity index (χ0n) is 12.6. The Balaban J connectivity index is 1.89. The van der Waals surface area contributed by atoms with E-state index in [0.717, 1.165) is 44.0 Å². The summed E-state index contributed by atoms with van der Waals surface area (Å²) in [5.74, 6) is 0.885. The number of aryl methyl sites for hydroxylation is 1. The monoisotopic (exact) mass is 336 g/mol. The number of H-pyrrole nitrogens is 1. The van der Waals surface area contributed by atoms with Crippen molar-refractivity contribution >= 4 is 29.4 Å². The van der Waals surface area contributed by atoms with E-state index < -0.39 is 0 Å². The van der Waals surface area contributed by atoms with Gasteiger partial charge in [0.25, 0.3) is 5.56 Å². The average Bonchev–Trinajstić information content (AvgIpc) is 3.01. The van der Waals surface area contributed by atoms with E-state index >= 15 is 0 Å². The van der Waals surface area contributed by atoms with Crippen LogP contribution in [-0.2, 0) is 19.5 Å². The van der Waals surface area contributed by atoms with Crippen LogP contribution in [0.2, 0.25) is 0 Å². The molecule has 0 saturated heterocycles. The lowest BCUT2D eigenvalue weighted by Gasteiger charge is -2.30. The van der Waals surface area contributed by atoms with E-state index in [1.807, 2.05) is 4.57 Å². The topological polar surface area (TPSA) is 53.1 Å². The number of aromatic nitrogens is 2. The molecular weight excluding hydrogens is 316 g/mol. The molecule has 0 spiro atoms. The first-order chi connectivity index (χ1) is 10.7. The van der Waals surface area contributed by atoms with Crippen molar-refractivity contribution in [2.45, 2.75) is 32.9 Å². The number of thiophene rings is 1. The van der Waals surface area contributed by atoms with Crippen LogP contribution in [0.15, 0.2) is 21.6 Å². The highest BCUT2D eigenvalue weighted by Gasteiger charge is 2.21. The Labute approximate surface area is 138 Å². The SMILES string of the molecule is CCCN1CNc2c(c(=O)[nH]c(=S)n2CCc2ccsc2)C1. The minimum Gasteiger partial charge on any atom is -0.358 e. The van der Waals surface area contributed by atoms with Gasteiger partial charge >= 0.3 is 0 Å². The molecule has 1 aliphatic heterocycles. The predicted octanol–water partition coefficient (Wildman–Crippen LogP) is 2.81. The van der Waals surface area contributed by atoms with Gasteiger partial charge in [-0.1, -0.05) is 6.92 Å². The van der Waals surface area contributed by atoms with E-state index in [1.165, 1.54) is 5.56 Å². The highest BCUT2D eigenvalue weighted by atomic mass is 32.1. The molecule has 0 aliphatic carbocycles. The Bertz CT molecular complexity index is 748. The van der Waals surface area contributed by atoms with Gasteiger partial charge in [0.15, 0.2) is 4.77 Å². The standard InChI is InChI=1S/C15H20N4OS2/c1-2-5-18-8-12-13(16-10-18)19(15(21)17-14(12)20)6-3-11-4-7-22-9-11/h4,7,9,16H,2-3,5-6,8,10H2,1H3,(H,17,20,21). The normalized spacial score (nSPS) is 14.6. The van der Waals surface area contributed by atoms with Crippen LogP contribution in [0.4, 0.5) is 5.82 Å². The quantitative estimate of drug-likeness (QED) is 0.825. The Morgan fingerprint density at radius 2 is 2.27 bits per heavy atom. The third kappa shape index (κ3) is 3.16. The lowest BCUT2D eigenvalue weighted by atomic mass is 10.2. The smallest absolute Gasteiger partial charge is 0.258 e. The second-order valence-electron chi connectivity index (χ2n) is 5.51. The summed E-state index contributed by atoms with van der Waals surface area (Å²) in [6.07, 6.45) is 1.99. The van der Waals surface area contributed by atoms with Gasteiger partial charge in [0.2, 0.25) is 0 Å². The van der Waals surface area contributed by atoms with E-state index in [0.29, 0.717) is 11.3 Å². The van der Waals surface area contributed by atoms with Crippen LogP contribution in [0.3, 0.4) is 0 Å². The summed E-state index contributed by atoms with van der Waals surface area (Å²) in [6.45, 7) is 5.34. The van der Waals surface area contributed by atoms with Gasteiger partial charge in [0.1, 0.15) is 5.82 Å². The average molecular weight is 336 g/mol. The Morgan fingerprint density at radius 3 is 3.00 bits per heavy atom. The van der Waals surface area contributed by atoms with E-state index in [4.69, 9.17) is 12.2 Å². The summed E-state index contributed by atoms with van der Waals surface area (Å²) >= 11 is 7.06. The number of fused-ring (bicyclic) bond motifs is 1. The molecule has 3 rings (SSSR count). The number of nitrogens with one attached hydrogen (secondary N) is 2. The second-order valence-corrected chi connectivity index (χ2v) is 6.67.